The van der Waals surface area contributed by atoms with Crippen LogP contribution in [-0.2, 0) is 5.41 Å². The van der Waals surface area contributed by atoms with Gasteiger partial charge in [0, 0.05) is 22.1 Å². The monoisotopic (exact) mass is 440 g/mol. The number of benzene rings is 2. The Morgan fingerprint density at radius 2 is 1.36 bits per heavy atom. The molecule has 0 heterocycles. The van der Waals surface area contributed by atoms with Crippen molar-refractivity contribution in [1.82, 2.24) is 0 Å². The van der Waals surface area contributed by atoms with E-state index < -0.39 is 24.9 Å². The topological polar surface area (TPSA) is 92.5 Å². The molecule has 0 fully saturated rings. The van der Waals surface area contributed by atoms with Crippen LogP contribution in [0.5, 0.6) is 0 Å². The van der Waals surface area contributed by atoms with Crippen molar-refractivity contribution < 1.29 is 10.2 Å². The van der Waals surface area contributed by atoms with Crippen LogP contribution >= 0.6 is 25.2 Å². The Balaban J connectivity index is 0.00000190. The molecule has 2 aromatic carbocycles. The van der Waals surface area contributed by atoms with Gasteiger partial charge in [-0.25, -0.2) is 0 Å². The van der Waals surface area contributed by atoms with Gasteiger partial charge in [0.05, 0.1) is 12.2 Å². The first-order valence-corrected chi connectivity index (χ1v) is 14.1. The zero-order chi connectivity index (χ0) is 21.5. The molecule has 0 aliphatic carbocycles. The Kier molecular flexibility index (Phi) is 10.3. The fraction of sp³-hybridized carbons (Fsp3) is 0.429. The number of nitrogen functional groups attached to an aromatic ring is 2. The zero-order valence-corrected chi connectivity index (χ0v) is 20.5. The first-order valence-electron chi connectivity index (χ1n) is 9.57. The molecule has 6 N–H and O–H groups in total. The number of anilines is 2. The zero-order valence-electron chi connectivity index (χ0n) is 17.3. The SMILES string of the molecule is CC.CC(O)CC(CC(C)O)(c1ccc(N)cc1)c1ccc(N)c(P(P)P)c1. The van der Waals surface area contributed by atoms with E-state index in [2.05, 4.69) is 23.9 Å². The van der Waals surface area contributed by atoms with Gasteiger partial charge in [-0.15, -0.1) is 17.9 Å². The molecule has 156 valence electrons. The second kappa shape index (κ2) is 11.4. The highest BCUT2D eigenvalue weighted by Crippen LogP contribution is 2.53. The average Bonchev–Trinajstić information content (AvgIpc) is 2.62. The lowest BCUT2D eigenvalue weighted by molar-refractivity contribution is 0.116. The van der Waals surface area contributed by atoms with Gasteiger partial charge in [-0.05, 0) is 69.4 Å². The van der Waals surface area contributed by atoms with Gasteiger partial charge in [-0.1, -0.05) is 32.0 Å². The summed E-state index contributed by atoms with van der Waals surface area (Å²) in [5.74, 6) is 0. The molecular weight excluding hydrogens is 405 g/mol. The van der Waals surface area contributed by atoms with Crippen LogP contribution in [0.4, 0.5) is 11.4 Å². The summed E-state index contributed by atoms with van der Waals surface area (Å²) < 4.78 is 0. The molecule has 0 aromatic heterocycles. The maximum absolute atomic E-state index is 10.3. The van der Waals surface area contributed by atoms with E-state index in [-0.39, 0.29) is 0 Å². The highest BCUT2D eigenvalue weighted by molar-refractivity contribution is 8.46. The van der Waals surface area contributed by atoms with E-state index in [0.29, 0.717) is 18.5 Å². The van der Waals surface area contributed by atoms with E-state index in [1.807, 2.05) is 50.2 Å². The van der Waals surface area contributed by atoms with Gasteiger partial charge in [-0.2, -0.15) is 0 Å². The van der Waals surface area contributed by atoms with E-state index >= 15 is 0 Å². The van der Waals surface area contributed by atoms with Crippen molar-refractivity contribution in [2.45, 2.75) is 58.2 Å². The van der Waals surface area contributed by atoms with E-state index in [0.717, 1.165) is 22.1 Å². The minimum atomic E-state index is -0.531. The van der Waals surface area contributed by atoms with Gasteiger partial charge in [0.1, 0.15) is 0 Å². The normalized spacial score (nSPS) is 15.3. The summed E-state index contributed by atoms with van der Waals surface area (Å²) in [6, 6.07) is 13.7. The summed E-state index contributed by atoms with van der Waals surface area (Å²) >= 11 is 0. The predicted molar refractivity (Wildman–Crippen MR) is 132 cm³/mol. The van der Waals surface area contributed by atoms with E-state index in [1.54, 1.807) is 13.8 Å². The summed E-state index contributed by atoms with van der Waals surface area (Å²) in [5.41, 5.74) is 15.0. The number of rotatable bonds is 7. The van der Waals surface area contributed by atoms with Crippen LogP contribution < -0.4 is 16.8 Å². The molecule has 0 radical (unpaired) electrons. The molecule has 0 saturated heterocycles. The molecular formula is C21H35N2O2P3. The fourth-order valence-corrected chi connectivity index (χ4v) is 5.60. The van der Waals surface area contributed by atoms with Crippen LogP contribution in [0.1, 0.15) is 51.7 Å². The standard InChI is InChI=1S/C19H29N2O2P3.C2H6/c1-12(22)10-19(11-13(2)23,14-3-6-16(20)7-4-14)15-5-8-17(21)18(9-15)26(24)25;1-2/h3-9,12-13,22-23H,10-11,20-21,24-25H2,1-2H3;1-2H3. The van der Waals surface area contributed by atoms with Crippen LogP contribution in [0.2, 0.25) is 0 Å². The molecule has 28 heavy (non-hydrogen) atoms. The van der Waals surface area contributed by atoms with Gasteiger partial charge in [0.15, 0.2) is 0 Å². The largest absolute Gasteiger partial charge is 0.399 e. The van der Waals surface area contributed by atoms with E-state index in [9.17, 15) is 10.2 Å². The van der Waals surface area contributed by atoms with Crippen LogP contribution in [0, 0.1) is 0 Å². The molecule has 0 saturated carbocycles. The lowest BCUT2D eigenvalue weighted by Gasteiger charge is -2.38. The lowest BCUT2D eigenvalue weighted by Crippen LogP contribution is -2.35. The predicted octanol–water partition coefficient (Wildman–Crippen LogP) is 4.39. The molecule has 4 nitrogen and oxygen atoms in total. The smallest absolute Gasteiger partial charge is 0.0523 e. The number of aliphatic hydroxyl groups excluding tert-OH is 2. The lowest BCUT2D eigenvalue weighted by atomic mass is 9.67. The highest BCUT2D eigenvalue weighted by Gasteiger charge is 2.37. The average molecular weight is 440 g/mol. The minimum Gasteiger partial charge on any atom is -0.399 e. The number of aliphatic hydroxyl groups is 2. The molecule has 0 bridgehead atoms. The molecule has 2 rings (SSSR count). The van der Waals surface area contributed by atoms with Crippen molar-refractivity contribution in [2.75, 3.05) is 11.5 Å². The summed E-state index contributed by atoms with van der Waals surface area (Å²) in [7, 11) is 5.08. The summed E-state index contributed by atoms with van der Waals surface area (Å²) in [6.07, 6.45) is -0.0604. The maximum Gasteiger partial charge on any atom is 0.0523 e. The summed E-state index contributed by atoms with van der Waals surface area (Å²) in [6.45, 7) is 7.56. The van der Waals surface area contributed by atoms with Gasteiger partial charge >= 0.3 is 0 Å². The quantitative estimate of drug-likeness (QED) is 0.380. The first kappa shape index (κ1) is 25.3. The first-order chi connectivity index (χ1) is 13.2. The van der Waals surface area contributed by atoms with E-state index in [4.69, 9.17) is 11.5 Å². The van der Waals surface area contributed by atoms with Crippen molar-refractivity contribution in [2.24, 2.45) is 0 Å². The van der Waals surface area contributed by atoms with Crippen molar-refractivity contribution in [3.63, 3.8) is 0 Å². The molecule has 7 heteroatoms. The Bertz CT molecular complexity index is 725. The van der Waals surface area contributed by atoms with E-state index in [1.165, 1.54) is 0 Å². The molecule has 4 atom stereocenters. The molecule has 0 aliphatic heterocycles. The number of hydrogen-bond acceptors (Lipinski definition) is 4. The number of hydrogen-bond donors (Lipinski definition) is 4. The van der Waals surface area contributed by atoms with Crippen molar-refractivity contribution >= 4 is 41.8 Å². The Labute approximate surface area is 175 Å². The highest BCUT2D eigenvalue weighted by atomic mass is 32.4. The van der Waals surface area contributed by atoms with Gasteiger partial charge in [-0.3, -0.25) is 0 Å². The van der Waals surface area contributed by atoms with Crippen LogP contribution in [-0.4, -0.2) is 22.4 Å². The third-order valence-corrected chi connectivity index (χ3v) is 7.22. The molecule has 0 amide bonds. The van der Waals surface area contributed by atoms with Gasteiger partial charge < -0.3 is 21.7 Å². The second-order valence-corrected chi connectivity index (χ2v) is 13.4. The molecule has 0 spiro atoms. The molecule has 2 aromatic rings. The maximum atomic E-state index is 10.3. The summed E-state index contributed by atoms with van der Waals surface area (Å²) in [5, 5.41) is 21.6. The van der Waals surface area contributed by atoms with Crippen LogP contribution in [0.3, 0.4) is 0 Å². The van der Waals surface area contributed by atoms with Crippen molar-refractivity contribution in [3.05, 3.63) is 53.6 Å². The van der Waals surface area contributed by atoms with Crippen molar-refractivity contribution in [1.29, 1.82) is 0 Å². The Hall–Kier alpha value is -0.750. The van der Waals surface area contributed by atoms with Crippen molar-refractivity contribution in [3.8, 4) is 0 Å². The van der Waals surface area contributed by atoms with Crippen LogP contribution in [0.15, 0.2) is 42.5 Å². The Morgan fingerprint density at radius 3 is 1.79 bits per heavy atom. The molecule has 4 unspecified atom stereocenters. The Morgan fingerprint density at radius 1 is 0.893 bits per heavy atom. The third kappa shape index (κ3) is 6.38. The summed E-state index contributed by atoms with van der Waals surface area (Å²) in [4.78, 5) is 0. The van der Waals surface area contributed by atoms with Gasteiger partial charge in [0.25, 0.3) is 0 Å². The fourth-order valence-electron chi connectivity index (χ4n) is 3.60. The van der Waals surface area contributed by atoms with Gasteiger partial charge in [0.2, 0.25) is 0 Å². The minimum absolute atomic E-state index is 0.497. The second-order valence-electron chi connectivity index (χ2n) is 6.99. The molecule has 0 aliphatic rings. The number of nitrogens with two attached hydrogens (primary N) is 2. The third-order valence-electron chi connectivity index (χ3n) is 4.61. The van der Waals surface area contributed by atoms with Crippen LogP contribution in [0.25, 0.3) is 0 Å².